The second-order valence-corrected chi connectivity index (χ2v) is 4.00. The number of carbonyl (C=O) groups excluding carboxylic acids is 1. The van der Waals surface area contributed by atoms with Crippen molar-refractivity contribution in [2.24, 2.45) is 0 Å². The summed E-state index contributed by atoms with van der Waals surface area (Å²) in [5.74, 6) is 0.415. The predicted molar refractivity (Wildman–Crippen MR) is 59.1 cm³/mol. The van der Waals surface area contributed by atoms with E-state index in [0.29, 0.717) is 0 Å². The lowest BCUT2D eigenvalue weighted by Gasteiger charge is -2.26. The molecule has 80 valence electrons. The largest absolute Gasteiger partial charge is 0.487 e. The summed E-state index contributed by atoms with van der Waals surface area (Å²) in [6.45, 7) is 0.280. The summed E-state index contributed by atoms with van der Waals surface area (Å²) >= 11 is 3.37. The molecule has 15 heavy (non-hydrogen) atoms. The van der Waals surface area contributed by atoms with E-state index in [1.807, 2.05) is 18.2 Å². The third-order valence-electron chi connectivity index (χ3n) is 2.18. The normalized spacial score (nSPS) is 18.4. The number of para-hydroxylation sites is 1. The van der Waals surface area contributed by atoms with E-state index in [-0.39, 0.29) is 12.6 Å². The van der Waals surface area contributed by atoms with Crippen LogP contribution in [0.4, 0.5) is 5.69 Å². The van der Waals surface area contributed by atoms with Gasteiger partial charge in [0.1, 0.15) is 6.61 Å². The van der Waals surface area contributed by atoms with Gasteiger partial charge in [0.2, 0.25) is 0 Å². The lowest BCUT2D eigenvalue weighted by Crippen LogP contribution is -2.39. The minimum absolute atomic E-state index is 0.280. The molecule has 0 aliphatic carbocycles. The third kappa shape index (κ3) is 1.92. The summed E-state index contributed by atoms with van der Waals surface area (Å²) in [4.78, 5) is 11.3. The van der Waals surface area contributed by atoms with Gasteiger partial charge < -0.3 is 14.8 Å². The molecule has 1 N–H and O–H groups in total. The molecule has 1 aromatic rings. The van der Waals surface area contributed by atoms with Crippen LogP contribution in [0.15, 0.2) is 22.7 Å². The smallest absolute Gasteiger partial charge is 0.331 e. The molecule has 0 radical (unpaired) electrons. The van der Waals surface area contributed by atoms with Gasteiger partial charge >= 0.3 is 5.97 Å². The van der Waals surface area contributed by atoms with Crippen LogP contribution in [0.5, 0.6) is 5.75 Å². The van der Waals surface area contributed by atoms with E-state index in [1.54, 1.807) is 0 Å². The quantitative estimate of drug-likeness (QED) is 0.792. The molecular formula is C10H10BrNO3. The van der Waals surface area contributed by atoms with Crippen LogP contribution in [-0.2, 0) is 9.53 Å². The van der Waals surface area contributed by atoms with E-state index >= 15 is 0 Å². The summed E-state index contributed by atoms with van der Waals surface area (Å²) in [5, 5.41) is 3.06. The van der Waals surface area contributed by atoms with Crippen LogP contribution >= 0.6 is 15.9 Å². The van der Waals surface area contributed by atoms with Gasteiger partial charge in [-0.2, -0.15) is 0 Å². The van der Waals surface area contributed by atoms with Crippen LogP contribution in [0.2, 0.25) is 0 Å². The molecule has 1 aliphatic rings. The fourth-order valence-corrected chi connectivity index (χ4v) is 1.92. The molecule has 0 fully saturated rings. The van der Waals surface area contributed by atoms with Crippen LogP contribution in [0, 0.1) is 0 Å². The number of halogens is 1. The Kier molecular flexibility index (Phi) is 2.81. The Hall–Kier alpha value is -1.23. The van der Waals surface area contributed by atoms with E-state index in [4.69, 9.17) is 4.74 Å². The average molecular weight is 272 g/mol. The highest BCUT2D eigenvalue weighted by Gasteiger charge is 2.26. The Morgan fingerprint density at radius 3 is 3.20 bits per heavy atom. The van der Waals surface area contributed by atoms with Gasteiger partial charge in [-0.3, -0.25) is 0 Å². The first-order chi connectivity index (χ1) is 7.22. The number of fused-ring (bicyclic) bond motifs is 1. The van der Waals surface area contributed by atoms with Crippen molar-refractivity contribution in [3.8, 4) is 5.75 Å². The zero-order chi connectivity index (χ0) is 10.8. The van der Waals surface area contributed by atoms with Crippen LogP contribution in [0.1, 0.15) is 0 Å². The van der Waals surface area contributed by atoms with Gasteiger partial charge in [0.05, 0.1) is 17.3 Å². The Labute approximate surface area is 95.7 Å². The standard InChI is InChI=1S/C10H10BrNO3/c1-14-10(13)8-5-15-9-6(11)3-2-4-7(9)12-8/h2-4,8,12H,5H2,1H3. The topological polar surface area (TPSA) is 47.6 Å². The number of esters is 1. The van der Waals surface area contributed by atoms with E-state index in [1.165, 1.54) is 7.11 Å². The fourth-order valence-electron chi connectivity index (χ4n) is 1.43. The summed E-state index contributed by atoms with van der Waals surface area (Å²) in [6.07, 6.45) is 0. The van der Waals surface area contributed by atoms with Crippen molar-refractivity contribution in [1.82, 2.24) is 0 Å². The number of benzene rings is 1. The first kappa shape index (κ1) is 10.3. The summed E-state index contributed by atoms with van der Waals surface area (Å²) < 4.78 is 11.0. The van der Waals surface area contributed by atoms with Crippen molar-refractivity contribution in [3.63, 3.8) is 0 Å². The average Bonchev–Trinajstić information content (AvgIpc) is 2.28. The van der Waals surface area contributed by atoms with Crippen LogP contribution in [0.3, 0.4) is 0 Å². The molecule has 0 amide bonds. The molecule has 1 aliphatic heterocycles. The number of carbonyl (C=O) groups is 1. The molecule has 0 aromatic heterocycles. The van der Waals surface area contributed by atoms with Crippen molar-refractivity contribution in [2.45, 2.75) is 6.04 Å². The van der Waals surface area contributed by atoms with Crippen molar-refractivity contribution >= 4 is 27.6 Å². The van der Waals surface area contributed by atoms with Gasteiger partial charge in [-0.1, -0.05) is 6.07 Å². The van der Waals surface area contributed by atoms with Crippen molar-refractivity contribution in [3.05, 3.63) is 22.7 Å². The Balaban J connectivity index is 2.24. The van der Waals surface area contributed by atoms with Crippen molar-refractivity contribution in [2.75, 3.05) is 19.0 Å². The monoisotopic (exact) mass is 271 g/mol. The Morgan fingerprint density at radius 1 is 1.67 bits per heavy atom. The second-order valence-electron chi connectivity index (χ2n) is 3.15. The zero-order valence-corrected chi connectivity index (χ0v) is 9.71. The number of anilines is 1. The predicted octanol–water partition coefficient (Wildman–Crippen LogP) is 1.79. The van der Waals surface area contributed by atoms with Crippen LogP contribution < -0.4 is 10.1 Å². The van der Waals surface area contributed by atoms with Crippen molar-refractivity contribution < 1.29 is 14.3 Å². The molecule has 2 rings (SSSR count). The molecule has 1 atom stereocenters. The van der Waals surface area contributed by atoms with Crippen LogP contribution in [-0.4, -0.2) is 25.7 Å². The van der Waals surface area contributed by atoms with E-state index in [9.17, 15) is 4.79 Å². The third-order valence-corrected chi connectivity index (χ3v) is 2.80. The van der Waals surface area contributed by atoms with Gasteiger partial charge in [-0.15, -0.1) is 0 Å². The van der Waals surface area contributed by atoms with Gasteiger partial charge in [-0.25, -0.2) is 4.79 Å². The summed E-state index contributed by atoms with van der Waals surface area (Å²) in [6, 6.07) is 5.18. The molecule has 0 spiro atoms. The lowest BCUT2D eigenvalue weighted by molar-refractivity contribution is -0.142. The minimum atomic E-state index is -0.434. The molecule has 5 heteroatoms. The van der Waals surface area contributed by atoms with E-state index < -0.39 is 6.04 Å². The first-order valence-electron chi connectivity index (χ1n) is 4.48. The number of hydrogen-bond donors (Lipinski definition) is 1. The maximum absolute atomic E-state index is 11.3. The van der Waals surface area contributed by atoms with Gasteiger partial charge in [0, 0.05) is 0 Å². The zero-order valence-electron chi connectivity index (χ0n) is 8.12. The maximum atomic E-state index is 11.3. The fraction of sp³-hybridized carbons (Fsp3) is 0.300. The van der Waals surface area contributed by atoms with Gasteiger partial charge in [0.25, 0.3) is 0 Å². The number of nitrogens with one attached hydrogen (secondary N) is 1. The highest BCUT2D eigenvalue weighted by molar-refractivity contribution is 9.10. The van der Waals surface area contributed by atoms with E-state index in [2.05, 4.69) is 26.0 Å². The Bertz CT molecular complexity index is 394. The molecular weight excluding hydrogens is 262 g/mol. The number of ether oxygens (including phenoxy) is 2. The molecule has 0 saturated heterocycles. The summed E-state index contributed by atoms with van der Waals surface area (Å²) in [5.41, 5.74) is 0.797. The molecule has 4 nitrogen and oxygen atoms in total. The number of methoxy groups -OCH3 is 1. The van der Waals surface area contributed by atoms with E-state index in [0.717, 1.165) is 15.9 Å². The van der Waals surface area contributed by atoms with Gasteiger partial charge in [0.15, 0.2) is 11.8 Å². The van der Waals surface area contributed by atoms with Crippen molar-refractivity contribution in [1.29, 1.82) is 0 Å². The summed E-state index contributed by atoms with van der Waals surface area (Å²) in [7, 11) is 1.36. The number of hydrogen-bond acceptors (Lipinski definition) is 4. The first-order valence-corrected chi connectivity index (χ1v) is 5.27. The highest BCUT2D eigenvalue weighted by atomic mass is 79.9. The second kappa shape index (κ2) is 4.10. The van der Waals surface area contributed by atoms with Gasteiger partial charge in [-0.05, 0) is 28.1 Å². The molecule has 0 bridgehead atoms. The molecule has 0 saturated carbocycles. The van der Waals surface area contributed by atoms with Crippen LogP contribution in [0.25, 0.3) is 0 Å². The molecule has 1 heterocycles. The maximum Gasteiger partial charge on any atom is 0.331 e. The SMILES string of the molecule is COC(=O)C1COc2c(Br)cccc2N1. The Morgan fingerprint density at radius 2 is 2.47 bits per heavy atom. The highest BCUT2D eigenvalue weighted by Crippen LogP contribution is 2.35. The lowest BCUT2D eigenvalue weighted by atomic mass is 10.2. The number of rotatable bonds is 1. The molecule has 1 unspecified atom stereocenters. The molecule has 1 aromatic carbocycles. The minimum Gasteiger partial charge on any atom is -0.487 e.